The monoisotopic (exact) mass is 471 g/mol. The molecule has 0 spiro atoms. The zero-order chi connectivity index (χ0) is 21.2. The van der Waals surface area contributed by atoms with Gasteiger partial charge in [0.25, 0.3) is 5.22 Å². The average Bonchev–Trinajstić information content (AvgIpc) is 3.52. The van der Waals surface area contributed by atoms with Crippen LogP contribution >= 0.6 is 34.4 Å². The second kappa shape index (κ2) is 9.05. The van der Waals surface area contributed by atoms with E-state index < -0.39 is 0 Å². The lowest BCUT2D eigenvalue weighted by molar-refractivity contribution is -0.129. The van der Waals surface area contributed by atoms with Crippen LogP contribution < -0.4 is 0 Å². The van der Waals surface area contributed by atoms with E-state index in [9.17, 15) is 4.79 Å². The molecule has 0 aliphatic carbocycles. The summed E-state index contributed by atoms with van der Waals surface area (Å²) in [6.45, 7) is 3.48. The lowest BCUT2D eigenvalue weighted by Crippen LogP contribution is -2.40. The largest absolute Gasteiger partial charge is 0.416 e. The van der Waals surface area contributed by atoms with Gasteiger partial charge in [0.05, 0.1) is 38.1 Å². The van der Waals surface area contributed by atoms with Crippen LogP contribution in [0.15, 0.2) is 39.3 Å². The summed E-state index contributed by atoms with van der Waals surface area (Å²) < 4.78 is 6.89. The molecule has 160 valence electrons. The molecule has 1 aliphatic heterocycles. The van der Waals surface area contributed by atoms with Crippen LogP contribution in [-0.2, 0) is 11.2 Å². The number of para-hydroxylation sites is 1. The first-order valence-electron chi connectivity index (χ1n) is 10.1. The minimum atomic E-state index is 0.102. The molecule has 0 saturated carbocycles. The van der Waals surface area contributed by atoms with E-state index >= 15 is 0 Å². The number of thioether (sulfide) groups is 1. The van der Waals surface area contributed by atoms with Gasteiger partial charge in [0.2, 0.25) is 11.8 Å². The molecule has 3 aromatic heterocycles. The number of aromatic nitrogens is 4. The maximum Gasteiger partial charge on any atom is 0.277 e. The summed E-state index contributed by atoms with van der Waals surface area (Å²) in [4.78, 5) is 24.0. The van der Waals surface area contributed by atoms with Crippen molar-refractivity contribution in [3.8, 4) is 0 Å². The van der Waals surface area contributed by atoms with Gasteiger partial charge in [-0.25, -0.2) is 9.97 Å². The number of benzene rings is 1. The molecule has 7 nitrogen and oxygen atoms in total. The van der Waals surface area contributed by atoms with Crippen molar-refractivity contribution in [3.63, 3.8) is 0 Å². The molecule has 4 aromatic rings. The van der Waals surface area contributed by atoms with E-state index in [4.69, 9.17) is 9.40 Å². The number of carbonyl (C=O) groups excluding carboxylic acids is 1. The molecule has 1 fully saturated rings. The summed E-state index contributed by atoms with van der Waals surface area (Å²) in [5, 5.41) is 12.7. The Kier molecular flexibility index (Phi) is 6.02. The lowest BCUT2D eigenvalue weighted by Gasteiger charge is -2.31. The smallest absolute Gasteiger partial charge is 0.277 e. The van der Waals surface area contributed by atoms with Crippen molar-refractivity contribution >= 4 is 50.6 Å². The van der Waals surface area contributed by atoms with Gasteiger partial charge in [-0.15, -0.1) is 32.9 Å². The van der Waals surface area contributed by atoms with Crippen molar-refractivity contribution in [2.75, 3.05) is 18.8 Å². The van der Waals surface area contributed by atoms with Crippen LogP contribution in [0.2, 0.25) is 0 Å². The Morgan fingerprint density at radius 2 is 2.19 bits per heavy atom. The zero-order valence-corrected chi connectivity index (χ0v) is 19.4. The molecule has 1 aliphatic rings. The maximum absolute atomic E-state index is 12.8. The number of piperidine rings is 1. The number of aryl methyl sites for hydroxylation is 1. The Balaban J connectivity index is 1.17. The number of likely N-dealkylation sites (tertiary alicyclic amines) is 1. The fourth-order valence-electron chi connectivity index (χ4n) is 3.70. The van der Waals surface area contributed by atoms with E-state index in [0.717, 1.165) is 47.2 Å². The van der Waals surface area contributed by atoms with Crippen LogP contribution in [0.3, 0.4) is 0 Å². The van der Waals surface area contributed by atoms with E-state index in [1.54, 1.807) is 22.7 Å². The van der Waals surface area contributed by atoms with Gasteiger partial charge in [-0.1, -0.05) is 23.9 Å². The van der Waals surface area contributed by atoms with Crippen LogP contribution in [-0.4, -0.2) is 49.8 Å². The van der Waals surface area contributed by atoms with Gasteiger partial charge in [-0.3, -0.25) is 4.79 Å². The lowest BCUT2D eigenvalue weighted by atomic mass is 9.99. The second-order valence-corrected chi connectivity index (χ2v) is 10.5. The van der Waals surface area contributed by atoms with Crippen LogP contribution in [0.4, 0.5) is 0 Å². The normalized spacial score (nSPS) is 16.8. The predicted molar refractivity (Wildman–Crippen MR) is 123 cm³/mol. The van der Waals surface area contributed by atoms with Crippen molar-refractivity contribution in [2.24, 2.45) is 0 Å². The molecule has 4 heterocycles. The fraction of sp³-hybridized carbons (Fsp3) is 0.381. The summed E-state index contributed by atoms with van der Waals surface area (Å²) >= 11 is 4.64. The SMILES string of the molecule is Cc1nc(Cc2nnc(SCC(=O)N3CCCC(c4nc5ccccc5s4)C3)o2)cs1. The number of carbonyl (C=O) groups is 1. The fourth-order valence-corrected chi connectivity index (χ4v) is 6.09. The molecule has 31 heavy (non-hydrogen) atoms. The summed E-state index contributed by atoms with van der Waals surface area (Å²) in [5.41, 5.74) is 1.97. The third kappa shape index (κ3) is 4.81. The molecule has 1 atom stereocenters. The minimum absolute atomic E-state index is 0.102. The van der Waals surface area contributed by atoms with Gasteiger partial charge in [-0.2, -0.15) is 0 Å². The van der Waals surface area contributed by atoms with Crippen molar-refractivity contribution in [2.45, 2.75) is 37.3 Å². The third-order valence-electron chi connectivity index (χ3n) is 5.20. The molecule has 0 N–H and O–H groups in total. The van der Waals surface area contributed by atoms with Crippen molar-refractivity contribution in [1.82, 2.24) is 25.1 Å². The highest BCUT2D eigenvalue weighted by molar-refractivity contribution is 7.99. The van der Waals surface area contributed by atoms with E-state index in [1.165, 1.54) is 16.5 Å². The van der Waals surface area contributed by atoms with Crippen LogP contribution in [0, 0.1) is 6.92 Å². The molecule has 1 unspecified atom stereocenters. The molecule has 1 saturated heterocycles. The molecule has 1 amide bonds. The van der Waals surface area contributed by atoms with Crippen molar-refractivity contribution in [3.05, 3.63) is 51.2 Å². The van der Waals surface area contributed by atoms with E-state index in [0.29, 0.717) is 29.2 Å². The van der Waals surface area contributed by atoms with Crippen LogP contribution in [0.5, 0.6) is 0 Å². The van der Waals surface area contributed by atoms with Crippen LogP contribution in [0.25, 0.3) is 10.2 Å². The Morgan fingerprint density at radius 3 is 3.03 bits per heavy atom. The molecule has 0 bridgehead atoms. The van der Waals surface area contributed by atoms with E-state index in [-0.39, 0.29) is 5.91 Å². The Morgan fingerprint density at radius 1 is 1.29 bits per heavy atom. The maximum atomic E-state index is 12.8. The van der Waals surface area contributed by atoms with Crippen LogP contribution in [0.1, 0.15) is 40.4 Å². The average molecular weight is 472 g/mol. The quantitative estimate of drug-likeness (QED) is 0.382. The highest BCUT2D eigenvalue weighted by atomic mass is 32.2. The summed E-state index contributed by atoms with van der Waals surface area (Å²) in [6, 6.07) is 8.21. The third-order valence-corrected chi connectivity index (χ3v) is 8.02. The number of thiazole rings is 2. The van der Waals surface area contributed by atoms with Crippen molar-refractivity contribution < 1.29 is 9.21 Å². The standard InChI is InChI=1S/C21H21N5O2S3/c1-13-22-15(11-29-13)9-18-24-25-21(28-18)30-12-19(27)26-8-4-5-14(10-26)20-23-16-6-2-3-7-17(16)31-20/h2-3,6-7,11,14H,4-5,8-10,12H2,1H3. The number of hydrogen-bond donors (Lipinski definition) is 0. The number of hydrogen-bond acceptors (Lipinski definition) is 9. The Labute approximate surface area is 191 Å². The highest BCUT2D eigenvalue weighted by Gasteiger charge is 2.27. The van der Waals surface area contributed by atoms with Gasteiger partial charge >= 0.3 is 0 Å². The van der Waals surface area contributed by atoms with Gasteiger partial charge < -0.3 is 9.32 Å². The number of nitrogens with zero attached hydrogens (tertiary/aromatic N) is 5. The number of amides is 1. The molecule has 0 radical (unpaired) electrons. The minimum Gasteiger partial charge on any atom is -0.416 e. The predicted octanol–water partition coefficient (Wildman–Crippen LogP) is 4.53. The summed E-state index contributed by atoms with van der Waals surface area (Å²) in [5.74, 6) is 1.22. The first-order chi connectivity index (χ1) is 15.1. The molecular formula is C21H21N5O2S3. The molecule has 5 rings (SSSR count). The van der Waals surface area contributed by atoms with Gasteiger partial charge in [0.1, 0.15) is 0 Å². The molecule has 1 aromatic carbocycles. The summed E-state index contributed by atoms with van der Waals surface area (Å²) in [6.07, 6.45) is 2.58. The Hall–Kier alpha value is -2.30. The Bertz CT molecular complexity index is 1170. The van der Waals surface area contributed by atoms with Crippen molar-refractivity contribution in [1.29, 1.82) is 0 Å². The highest BCUT2D eigenvalue weighted by Crippen LogP contribution is 2.33. The molecule has 10 heteroatoms. The van der Waals surface area contributed by atoms with E-state index in [1.807, 2.05) is 35.4 Å². The van der Waals surface area contributed by atoms with Gasteiger partial charge in [0.15, 0.2) is 0 Å². The molecular weight excluding hydrogens is 450 g/mol. The first-order valence-corrected chi connectivity index (χ1v) is 12.8. The number of rotatable bonds is 6. The van der Waals surface area contributed by atoms with Gasteiger partial charge in [0, 0.05) is 24.4 Å². The first kappa shape index (κ1) is 20.6. The zero-order valence-electron chi connectivity index (χ0n) is 17.0. The second-order valence-electron chi connectivity index (χ2n) is 7.48. The topological polar surface area (TPSA) is 85.0 Å². The van der Waals surface area contributed by atoms with E-state index in [2.05, 4.69) is 21.2 Å². The number of fused-ring (bicyclic) bond motifs is 1. The summed E-state index contributed by atoms with van der Waals surface area (Å²) in [7, 11) is 0. The van der Waals surface area contributed by atoms with Gasteiger partial charge in [-0.05, 0) is 31.9 Å².